The Morgan fingerprint density at radius 1 is 1.25 bits per heavy atom. The lowest BCUT2D eigenvalue weighted by molar-refractivity contribution is -0.141. The van der Waals surface area contributed by atoms with Crippen molar-refractivity contribution in [2.75, 3.05) is 0 Å². The molecule has 0 bridgehead atoms. The molecule has 2 aromatic rings. The summed E-state index contributed by atoms with van der Waals surface area (Å²) in [7, 11) is 0. The number of hydrogen-bond acceptors (Lipinski definition) is 3. The maximum atomic E-state index is 13.1. The number of halogens is 5. The first-order chi connectivity index (χ1) is 7.44. The SMILES string of the molecule is FC(F)C(F)(F)c1nnc2cncc(Cl)n12. The van der Waals surface area contributed by atoms with Gasteiger partial charge in [-0.15, -0.1) is 10.2 Å². The van der Waals surface area contributed by atoms with Crippen LogP contribution in [0.3, 0.4) is 0 Å². The van der Waals surface area contributed by atoms with E-state index in [1.165, 1.54) is 0 Å². The fraction of sp³-hybridized carbons (Fsp3) is 0.286. The number of rotatable bonds is 2. The van der Waals surface area contributed by atoms with Crippen LogP contribution in [0.25, 0.3) is 5.65 Å². The van der Waals surface area contributed by atoms with Gasteiger partial charge in [-0.2, -0.15) is 8.78 Å². The molecule has 0 aliphatic heterocycles. The number of alkyl halides is 4. The minimum absolute atomic E-state index is 0.122. The molecular weight excluding hydrogens is 252 g/mol. The lowest BCUT2D eigenvalue weighted by Gasteiger charge is -2.13. The molecule has 0 aliphatic rings. The molecule has 0 fully saturated rings. The normalized spacial score (nSPS) is 12.6. The number of nitrogens with zero attached hydrogens (tertiary/aromatic N) is 4. The molecule has 86 valence electrons. The second kappa shape index (κ2) is 3.55. The Morgan fingerprint density at radius 3 is 2.56 bits per heavy atom. The maximum Gasteiger partial charge on any atom is 0.366 e. The topological polar surface area (TPSA) is 43.1 Å². The van der Waals surface area contributed by atoms with Gasteiger partial charge in [0.1, 0.15) is 5.15 Å². The Bertz CT molecular complexity index is 526. The molecule has 4 nitrogen and oxygen atoms in total. The molecule has 2 heterocycles. The van der Waals surface area contributed by atoms with E-state index >= 15 is 0 Å². The van der Waals surface area contributed by atoms with Gasteiger partial charge in [-0.1, -0.05) is 11.6 Å². The molecule has 9 heteroatoms. The van der Waals surface area contributed by atoms with Crippen molar-refractivity contribution in [3.05, 3.63) is 23.4 Å². The van der Waals surface area contributed by atoms with Crippen molar-refractivity contribution in [3.63, 3.8) is 0 Å². The van der Waals surface area contributed by atoms with E-state index in [1.807, 2.05) is 0 Å². The van der Waals surface area contributed by atoms with Gasteiger partial charge < -0.3 is 0 Å². The molecule has 0 aliphatic carbocycles. The van der Waals surface area contributed by atoms with Crippen LogP contribution in [0.1, 0.15) is 5.82 Å². The molecule has 0 atom stereocenters. The summed E-state index contributed by atoms with van der Waals surface area (Å²) in [5.41, 5.74) is -0.122. The quantitative estimate of drug-likeness (QED) is 0.771. The van der Waals surface area contributed by atoms with E-state index in [1.54, 1.807) is 0 Å². The summed E-state index contributed by atoms with van der Waals surface area (Å²) in [6.07, 6.45) is -1.77. The van der Waals surface area contributed by atoms with Gasteiger partial charge in [0.2, 0.25) is 5.82 Å². The van der Waals surface area contributed by atoms with E-state index in [0.29, 0.717) is 4.40 Å². The molecule has 0 unspecified atom stereocenters. The predicted molar refractivity (Wildman–Crippen MR) is 45.7 cm³/mol. The van der Waals surface area contributed by atoms with Crippen LogP contribution >= 0.6 is 11.6 Å². The third kappa shape index (κ3) is 1.49. The van der Waals surface area contributed by atoms with Crippen molar-refractivity contribution in [3.8, 4) is 0 Å². The Hall–Kier alpha value is -1.44. The standard InChI is InChI=1S/C7H3ClF4N4/c8-3-1-13-2-4-14-15-6(16(3)4)7(11,12)5(9)10/h1-2,5H. The molecule has 2 rings (SSSR count). The van der Waals surface area contributed by atoms with Crippen molar-refractivity contribution in [2.24, 2.45) is 0 Å². The zero-order valence-corrected chi connectivity index (χ0v) is 8.17. The fourth-order valence-corrected chi connectivity index (χ4v) is 1.35. The molecule has 0 saturated carbocycles. The Morgan fingerprint density at radius 2 is 1.94 bits per heavy atom. The second-order valence-electron chi connectivity index (χ2n) is 2.87. The van der Waals surface area contributed by atoms with E-state index in [9.17, 15) is 17.6 Å². The average Bonchev–Trinajstić information content (AvgIpc) is 2.63. The monoisotopic (exact) mass is 254 g/mol. The Balaban J connectivity index is 2.71. The molecule has 0 radical (unpaired) electrons. The Kier molecular flexibility index (Phi) is 2.45. The third-order valence-electron chi connectivity index (χ3n) is 1.84. The van der Waals surface area contributed by atoms with Crippen LogP contribution in [0, 0.1) is 0 Å². The minimum atomic E-state index is -4.41. The summed E-state index contributed by atoms with van der Waals surface area (Å²) in [4.78, 5) is 3.56. The fourth-order valence-electron chi connectivity index (χ4n) is 1.13. The van der Waals surface area contributed by atoms with Crippen LogP contribution in [0.5, 0.6) is 0 Å². The van der Waals surface area contributed by atoms with Crippen LogP contribution in [-0.2, 0) is 5.92 Å². The number of aromatic nitrogens is 4. The van der Waals surface area contributed by atoms with Crippen molar-refractivity contribution >= 4 is 17.2 Å². The van der Waals surface area contributed by atoms with E-state index in [2.05, 4.69) is 15.2 Å². The van der Waals surface area contributed by atoms with Crippen LogP contribution in [0.15, 0.2) is 12.4 Å². The zero-order valence-electron chi connectivity index (χ0n) is 7.41. The van der Waals surface area contributed by atoms with E-state index in [0.717, 1.165) is 12.4 Å². The van der Waals surface area contributed by atoms with E-state index < -0.39 is 18.2 Å². The van der Waals surface area contributed by atoms with Crippen LogP contribution in [-0.4, -0.2) is 26.0 Å². The van der Waals surface area contributed by atoms with Gasteiger partial charge in [0, 0.05) is 0 Å². The highest BCUT2D eigenvalue weighted by atomic mass is 35.5. The summed E-state index contributed by atoms with van der Waals surface area (Å²) in [5, 5.41) is 6.02. The lowest BCUT2D eigenvalue weighted by Crippen LogP contribution is -2.26. The van der Waals surface area contributed by atoms with Crippen LogP contribution in [0.4, 0.5) is 17.6 Å². The highest BCUT2D eigenvalue weighted by Crippen LogP contribution is 2.34. The molecule has 16 heavy (non-hydrogen) atoms. The van der Waals surface area contributed by atoms with Gasteiger partial charge in [-0.3, -0.25) is 9.38 Å². The summed E-state index contributed by atoms with van der Waals surface area (Å²) in [6.45, 7) is 0. The van der Waals surface area contributed by atoms with Gasteiger partial charge in [0.25, 0.3) is 0 Å². The second-order valence-corrected chi connectivity index (χ2v) is 3.26. The number of hydrogen-bond donors (Lipinski definition) is 0. The maximum absolute atomic E-state index is 13.1. The molecular formula is C7H3ClF4N4. The third-order valence-corrected chi connectivity index (χ3v) is 2.11. The summed E-state index contributed by atoms with van der Waals surface area (Å²) in [5.74, 6) is -5.62. The van der Waals surface area contributed by atoms with E-state index in [4.69, 9.17) is 11.6 Å². The lowest BCUT2D eigenvalue weighted by atomic mass is 10.3. The van der Waals surface area contributed by atoms with E-state index in [-0.39, 0.29) is 10.8 Å². The number of fused-ring (bicyclic) bond motifs is 1. The summed E-state index contributed by atoms with van der Waals surface area (Å²) < 4.78 is 51.1. The molecule has 2 aromatic heterocycles. The van der Waals surface area contributed by atoms with Crippen molar-refractivity contribution in [1.82, 2.24) is 19.6 Å². The minimum Gasteiger partial charge on any atom is -0.261 e. The summed E-state index contributed by atoms with van der Waals surface area (Å²) in [6, 6.07) is 0. The van der Waals surface area contributed by atoms with Gasteiger partial charge in [0.05, 0.1) is 12.4 Å². The van der Waals surface area contributed by atoms with Gasteiger partial charge in [0.15, 0.2) is 5.65 Å². The Labute approximate surface area is 90.9 Å². The first-order valence-corrected chi connectivity index (χ1v) is 4.33. The highest BCUT2D eigenvalue weighted by Gasteiger charge is 2.47. The van der Waals surface area contributed by atoms with Crippen molar-refractivity contribution in [2.45, 2.75) is 12.3 Å². The zero-order chi connectivity index (χ0) is 11.9. The highest BCUT2D eigenvalue weighted by molar-refractivity contribution is 6.29. The van der Waals surface area contributed by atoms with Gasteiger partial charge >= 0.3 is 12.3 Å². The van der Waals surface area contributed by atoms with Gasteiger partial charge in [-0.25, -0.2) is 8.78 Å². The van der Waals surface area contributed by atoms with Gasteiger partial charge in [-0.05, 0) is 0 Å². The average molecular weight is 255 g/mol. The van der Waals surface area contributed by atoms with Crippen molar-refractivity contribution in [1.29, 1.82) is 0 Å². The molecule has 0 spiro atoms. The molecule has 0 saturated heterocycles. The molecule has 0 N–H and O–H groups in total. The van der Waals surface area contributed by atoms with Crippen molar-refractivity contribution < 1.29 is 17.6 Å². The van der Waals surface area contributed by atoms with Crippen LogP contribution in [0.2, 0.25) is 5.15 Å². The molecule has 0 aromatic carbocycles. The first kappa shape index (κ1) is 11.1. The predicted octanol–water partition coefficient (Wildman–Crippen LogP) is 2.13. The van der Waals surface area contributed by atoms with Crippen LogP contribution < -0.4 is 0 Å². The largest absolute Gasteiger partial charge is 0.366 e. The molecule has 0 amide bonds. The summed E-state index contributed by atoms with van der Waals surface area (Å²) >= 11 is 5.56. The first-order valence-electron chi connectivity index (χ1n) is 3.95. The smallest absolute Gasteiger partial charge is 0.261 e.